The second kappa shape index (κ2) is 9.38. The van der Waals surface area contributed by atoms with Crippen LogP contribution in [-0.4, -0.2) is 56.3 Å². The van der Waals surface area contributed by atoms with E-state index in [-0.39, 0.29) is 11.8 Å². The summed E-state index contributed by atoms with van der Waals surface area (Å²) in [5.41, 5.74) is 1.13. The Morgan fingerprint density at radius 1 is 1.23 bits per heavy atom. The summed E-state index contributed by atoms with van der Waals surface area (Å²) < 4.78 is 11.3. The first-order valence-corrected chi connectivity index (χ1v) is 10.0. The van der Waals surface area contributed by atoms with Gasteiger partial charge in [0, 0.05) is 25.7 Å². The molecule has 0 aromatic heterocycles. The smallest absolute Gasteiger partial charge is 0.226 e. The van der Waals surface area contributed by atoms with Crippen LogP contribution in [0.1, 0.15) is 32.3 Å². The number of nitrogens with zero attached hydrogens (tertiary/aromatic N) is 1. The Morgan fingerprint density at radius 2 is 1.96 bits per heavy atom. The lowest BCUT2D eigenvalue weighted by Crippen LogP contribution is -2.53. The van der Waals surface area contributed by atoms with Gasteiger partial charge in [-0.25, -0.2) is 0 Å². The molecule has 2 aliphatic rings. The van der Waals surface area contributed by atoms with Gasteiger partial charge in [-0.05, 0) is 24.0 Å². The molecule has 0 spiro atoms. The number of benzene rings is 1. The molecular formula is C21H32N2O3. The molecule has 5 nitrogen and oxygen atoms in total. The molecule has 0 aliphatic carbocycles. The minimum Gasteiger partial charge on any atom is -0.492 e. The van der Waals surface area contributed by atoms with Gasteiger partial charge in [0.25, 0.3) is 0 Å². The van der Waals surface area contributed by atoms with Crippen LogP contribution in [-0.2, 0) is 16.0 Å². The highest BCUT2D eigenvalue weighted by Gasteiger charge is 2.30. The van der Waals surface area contributed by atoms with Crippen LogP contribution >= 0.6 is 0 Å². The molecule has 2 aliphatic heterocycles. The van der Waals surface area contributed by atoms with Crippen molar-refractivity contribution in [2.45, 2.75) is 39.2 Å². The number of amides is 1. The van der Waals surface area contributed by atoms with Crippen molar-refractivity contribution in [3.8, 4) is 5.75 Å². The van der Waals surface area contributed by atoms with Gasteiger partial charge >= 0.3 is 0 Å². The summed E-state index contributed by atoms with van der Waals surface area (Å²) in [5, 5.41) is 3.23. The van der Waals surface area contributed by atoms with E-state index in [1.807, 2.05) is 18.2 Å². The molecule has 2 atom stereocenters. The third-order valence-corrected chi connectivity index (χ3v) is 5.84. The molecule has 1 aromatic rings. The van der Waals surface area contributed by atoms with Crippen molar-refractivity contribution in [2.24, 2.45) is 11.8 Å². The highest BCUT2D eigenvalue weighted by molar-refractivity contribution is 5.79. The van der Waals surface area contributed by atoms with Crippen molar-refractivity contribution in [2.75, 3.05) is 39.5 Å². The molecule has 5 heteroatoms. The fourth-order valence-electron chi connectivity index (χ4n) is 4.18. The maximum atomic E-state index is 12.8. The fraction of sp³-hybridized carbons (Fsp3) is 0.667. The predicted molar refractivity (Wildman–Crippen MR) is 102 cm³/mol. The zero-order valence-electron chi connectivity index (χ0n) is 16.1. The van der Waals surface area contributed by atoms with Crippen LogP contribution in [0, 0.1) is 11.8 Å². The minimum absolute atomic E-state index is 0.100. The van der Waals surface area contributed by atoms with Crippen LogP contribution in [0.2, 0.25) is 0 Å². The standard InChI is InChI=1S/C21H32N2O3/c1-3-16(4-2)19(23-9-11-25-12-10-23)14-22-21(24)18-13-17-7-5-6-8-20(17)26-15-18/h5-8,16,18-19H,3-4,9-15H2,1-2H3,(H,22,24)/t18-,19-/m0/s1. The molecule has 0 unspecified atom stereocenters. The van der Waals surface area contributed by atoms with Crippen LogP contribution in [0.3, 0.4) is 0 Å². The van der Waals surface area contributed by atoms with Gasteiger partial charge in [-0.1, -0.05) is 44.9 Å². The summed E-state index contributed by atoms with van der Waals surface area (Å²) in [6.07, 6.45) is 3.03. The highest BCUT2D eigenvalue weighted by Crippen LogP contribution is 2.27. The number of rotatable bonds is 7. The van der Waals surface area contributed by atoms with Crippen LogP contribution in [0.25, 0.3) is 0 Å². The Labute approximate surface area is 157 Å². The van der Waals surface area contributed by atoms with E-state index in [0.29, 0.717) is 25.1 Å². The normalized spacial score (nSPS) is 21.7. The van der Waals surface area contributed by atoms with Crippen molar-refractivity contribution in [3.05, 3.63) is 29.8 Å². The van der Waals surface area contributed by atoms with E-state index in [9.17, 15) is 4.79 Å². The quantitative estimate of drug-likeness (QED) is 0.812. The maximum absolute atomic E-state index is 12.8. The number of ether oxygens (including phenoxy) is 2. The molecular weight excluding hydrogens is 328 g/mol. The van der Waals surface area contributed by atoms with Crippen LogP contribution in [0.4, 0.5) is 0 Å². The summed E-state index contributed by atoms with van der Waals surface area (Å²) in [7, 11) is 0. The second-order valence-corrected chi connectivity index (χ2v) is 7.36. The third kappa shape index (κ3) is 4.57. The summed E-state index contributed by atoms with van der Waals surface area (Å²) >= 11 is 0. The van der Waals surface area contributed by atoms with Crippen molar-refractivity contribution in [3.63, 3.8) is 0 Å². The van der Waals surface area contributed by atoms with Gasteiger partial charge in [-0.3, -0.25) is 9.69 Å². The lowest BCUT2D eigenvalue weighted by atomic mass is 9.91. The first-order chi connectivity index (χ1) is 12.7. The first kappa shape index (κ1) is 19.2. The Bertz CT molecular complexity index is 582. The van der Waals surface area contributed by atoms with Crippen molar-refractivity contribution < 1.29 is 14.3 Å². The number of para-hydroxylation sites is 1. The van der Waals surface area contributed by atoms with Gasteiger partial charge in [0.1, 0.15) is 12.4 Å². The maximum Gasteiger partial charge on any atom is 0.226 e. The molecule has 2 heterocycles. The van der Waals surface area contributed by atoms with Gasteiger partial charge in [-0.15, -0.1) is 0 Å². The number of hydrogen-bond donors (Lipinski definition) is 1. The van der Waals surface area contributed by atoms with Crippen LogP contribution in [0.15, 0.2) is 24.3 Å². The van der Waals surface area contributed by atoms with Gasteiger partial charge in [0.2, 0.25) is 5.91 Å². The highest BCUT2D eigenvalue weighted by atomic mass is 16.5. The molecule has 1 aromatic carbocycles. The molecule has 1 fully saturated rings. The average Bonchev–Trinajstić information content (AvgIpc) is 2.71. The Kier molecular flexibility index (Phi) is 6.92. The Hall–Kier alpha value is -1.59. The molecule has 1 N–H and O–H groups in total. The summed E-state index contributed by atoms with van der Waals surface area (Å²) in [4.78, 5) is 15.3. The van der Waals surface area contributed by atoms with E-state index in [1.54, 1.807) is 0 Å². The molecule has 26 heavy (non-hydrogen) atoms. The number of fused-ring (bicyclic) bond motifs is 1. The van der Waals surface area contributed by atoms with E-state index >= 15 is 0 Å². The number of morpholine rings is 1. The molecule has 1 amide bonds. The van der Waals surface area contributed by atoms with E-state index in [2.05, 4.69) is 30.1 Å². The zero-order chi connectivity index (χ0) is 18.4. The van der Waals surface area contributed by atoms with Gasteiger partial charge in [-0.2, -0.15) is 0 Å². The molecule has 144 valence electrons. The number of nitrogens with one attached hydrogen (secondary N) is 1. The molecule has 3 rings (SSSR count). The molecule has 1 saturated heterocycles. The fourth-order valence-corrected chi connectivity index (χ4v) is 4.18. The summed E-state index contributed by atoms with van der Waals surface area (Å²) in [6.45, 7) is 9.16. The predicted octanol–water partition coefficient (Wildman–Crippen LogP) is 2.49. The lowest BCUT2D eigenvalue weighted by molar-refractivity contribution is -0.126. The minimum atomic E-state index is -0.100. The largest absolute Gasteiger partial charge is 0.492 e. The van der Waals surface area contributed by atoms with Crippen molar-refractivity contribution >= 4 is 5.91 Å². The topological polar surface area (TPSA) is 50.8 Å². The molecule has 0 radical (unpaired) electrons. The van der Waals surface area contributed by atoms with Gasteiger partial charge < -0.3 is 14.8 Å². The van der Waals surface area contributed by atoms with Crippen molar-refractivity contribution in [1.82, 2.24) is 10.2 Å². The molecule has 0 bridgehead atoms. The number of carbonyl (C=O) groups excluding carboxylic acids is 1. The van der Waals surface area contributed by atoms with Gasteiger partial charge in [0.15, 0.2) is 0 Å². The number of hydrogen-bond acceptors (Lipinski definition) is 4. The summed E-state index contributed by atoms with van der Waals surface area (Å²) in [6, 6.07) is 8.39. The van der Waals surface area contributed by atoms with Gasteiger partial charge in [0.05, 0.1) is 19.1 Å². The monoisotopic (exact) mass is 360 g/mol. The van der Waals surface area contributed by atoms with E-state index in [0.717, 1.165) is 56.9 Å². The van der Waals surface area contributed by atoms with E-state index < -0.39 is 0 Å². The summed E-state index contributed by atoms with van der Waals surface area (Å²) in [5.74, 6) is 1.53. The van der Waals surface area contributed by atoms with Crippen LogP contribution < -0.4 is 10.1 Å². The number of carbonyl (C=O) groups is 1. The van der Waals surface area contributed by atoms with Crippen molar-refractivity contribution in [1.29, 1.82) is 0 Å². The average molecular weight is 360 g/mol. The second-order valence-electron chi connectivity index (χ2n) is 7.36. The molecule has 0 saturated carbocycles. The Morgan fingerprint density at radius 3 is 2.69 bits per heavy atom. The Balaban J connectivity index is 1.58. The lowest BCUT2D eigenvalue weighted by Gasteiger charge is -2.39. The van der Waals surface area contributed by atoms with E-state index in [1.165, 1.54) is 0 Å². The van der Waals surface area contributed by atoms with Crippen LogP contribution in [0.5, 0.6) is 5.75 Å². The first-order valence-electron chi connectivity index (χ1n) is 10.0. The third-order valence-electron chi connectivity index (χ3n) is 5.84. The SMILES string of the molecule is CCC(CC)[C@H](CNC(=O)[C@@H]1COc2ccccc2C1)N1CCOCC1. The zero-order valence-corrected chi connectivity index (χ0v) is 16.1. The van der Waals surface area contributed by atoms with E-state index in [4.69, 9.17) is 9.47 Å².